The monoisotopic (exact) mass is 394 g/mol. The Bertz CT molecular complexity index is 714. The van der Waals surface area contributed by atoms with Crippen molar-refractivity contribution in [1.82, 2.24) is 9.80 Å². The average Bonchev–Trinajstić information content (AvgIpc) is 3.10. The Labute approximate surface area is 164 Å². The van der Waals surface area contributed by atoms with Crippen LogP contribution in [0.3, 0.4) is 0 Å². The van der Waals surface area contributed by atoms with E-state index in [2.05, 4.69) is 0 Å². The maximum Gasteiger partial charge on any atom is 0.230 e. The fraction of sp³-hybridized carbons (Fsp3) is 0.600. The van der Waals surface area contributed by atoms with Gasteiger partial charge in [-0.25, -0.2) is 4.39 Å². The largest absolute Gasteiger partial charge is 0.497 e. The number of carbonyl (C=O) groups is 2. The van der Waals surface area contributed by atoms with Gasteiger partial charge in [-0.1, -0.05) is 0 Å². The predicted octanol–water partition coefficient (Wildman–Crippen LogP) is 2.93. The smallest absolute Gasteiger partial charge is 0.230 e. The number of halogens is 1. The fourth-order valence-electron chi connectivity index (χ4n) is 4.12. The van der Waals surface area contributed by atoms with E-state index in [1.165, 1.54) is 6.07 Å². The summed E-state index contributed by atoms with van der Waals surface area (Å²) < 4.78 is 19.4. The second kappa shape index (κ2) is 8.50. The lowest BCUT2D eigenvalue weighted by Gasteiger charge is -2.39. The number of ether oxygens (including phenoxy) is 1. The Morgan fingerprint density at radius 1 is 1.33 bits per heavy atom. The van der Waals surface area contributed by atoms with E-state index >= 15 is 0 Å². The van der Waals surface area contributed by atoms with Gasteiger partial charge in [0.1, 0.15) is 11.6 Å². The number of thioether (sulfide) groups is 1. The number of rotatable bonds is 6. The van der Waals surface area contributed by atoms with Crippen molar-refractivity contribution in [2.75, 3.05) is 38.8 Å². The first-order valence-electron chi connectivity index (χ1n) is 9.37. The van der Waals surface area contributed by atoms with Crippen LogP contribution in [0.5, 0.6) is 5.75 Å². The zero-order chi connectivity index (χ0) is 19.4. The van der Waals surface area contributed by atoms with Crippen molar-refractivity contribution >= 4 is 23.6 Å². The molecule has 7 heteroatoms. The van der Waals surface area contributed by atoms with Gasteiger partial charge in [-0.3, -0.25) is 9.59 Å². The van der Waals surface area contributed by atoms with E-state index < -0.39 is 5.41 Å². The maximum atomic E-state index is 14.2. The van der Waals surface area contributed by atoms with E-state index in [9.17, 15) is 14.0 Å². The molecule has 0 aliphatic carbocycles. The van der Waals surface area contributed by atoms with Gasteiger partial charge in [0.2, 0.25) is 11.8 Å². The highest BCUT2D eigenvalue weighted by molar-refractivity contribution is 7.98. The number of methoxy groups -OCH3 is 1. The summed E-state index contributed by atoms with van der Waals surface area (Å²) in [4.78, 5) is 29.2. The topological polar surface area (TPSA) is 49.9 Å². The number of hydrogen-bond acceptors (Lipinski definition) is 4. The van der Waals surface area contributed by atoms with Gasteiger partial charge in [-0.05, 0) is 43.7 Å². The molecular formula is C20H27FN2O3S. The Morgan fingerprint density at radius 2 is 2.15 bits per heavy atom. The van der Waals surface area contributed by atoms with Crippen LogP contribution < -0.4 is 4.74 Å². The standard InChI is InChI=1S/C20H27FN2O3S/c1-26-16-4-5-17(21)15(12-16)13-22-9-3-7-20(19(22)25)8-10-23(14-20)18(24)6-11-27-2/h4-5,12H,3,6-11,13-14H2,1-2H3. The molecule has 1 unspecified atom stereocenters. The number of benzene rings is 1. The van der Waals surface area contributed by atoms with Crippen molar-refractivity contribution in [3.8, 4) is 5.75 Å². The molecule has 1 aromatic carbocycles. The number of hydrogen-bond donors (Lipinski definition) is 0. The first-order chi connectivity index (χ1) is 13.0. The van der Waals surface area contributed by atoms with E-state index in [1.807, 2.05) is 11.2 Å². The van der Waals surface area contributed by atoms with Gasteiger partial charge in [-0.2, -0.15) is 11.8 Å². The number of piperidine rings is 1. The Balaban J connectivity index is 1.70. The molecule has 0 aromatic heterocycles. The van der Waals surface area contributed by atoms with Crippen molar-refractivity contribution in [3.05, 3.63) is 29.6 Å². The number of carbonyl (C=O) groups excluding carboxylic acids is 2. The molecule has 0 radical (unpaired) electrons. The van der Waals surface area contributed by atoms with Crippen LogP contribution in [-0.4, -0.2) is 60.4 Å². The highest BCUT2D eigenvalue weighted by Crippen LogP contribution is 2.41. The molecule has 27 heavy (non-hydrogen) atoms. The summed E-state index contributed by atoms with van der Waals surface area (Å²) in [5.74, 6) is 1.24. The third-order valence-corrected chi connectivity index (χ3v) is 6.28. The average molecular weight is 395 g/mol. The van der Waals surface area contributed by atoms with E-state index in [4.69, 9.17) is 4.74 Å². The van der Waals surface area contributed by atoms with Gasteiger partial charge >= 0.3 is 0 Å². The van der Waals surface area contributed by atoms with Crippen molar-refractivity contribution in [2.24, 2.45) is 5.41 Å². The van der Waals surface area contributed by atoms with Crippen LogP contribution in [0.4, 0.5) is 4.39 Å². The summed E-state index contributed by atoms with van der Waals surface area (Å²) in [6.07, 6.45) is 4.89. The Morgan fingerprint density at radius 3 is 2.89 bits per heavy atom. The van der Waals surface area contributed by atoms with Crippen molar-refractivity contribution in [3.63, 3.8) is 0 Å². The molecule has 3 rings (SSSR count). The minimum absolute atomic E-state index is 0.0520. The van der Waals surface area contributed by atoms with Gasteiger partial charge in [0.15, 0.2) is 0 Å². The molecule has 1 aromatic rings. The summed E-state index contributed by atoms with van der Waals surface area (Å²) in [5.41, 5.74) is -0.0338. The molecule has 1 atom stereocenters. The van der Waals surface area contributed by atoms with Gasteiger partial charge in [0, 0.05) is 43.9 Å². The first kappa shape index (κ1) is 20.0. The molecule has 148 valence electrons. The summed E-state index contributed by atoms with van der Waals surface area (Å²) in [6, 6.07) is 4.60. The lowest BCUT2D eigenvalue weighted by Crippen LogP contribution is -2.50. The molecule has 2 aliphatic rings. The van der Waals surface area contributed by atoms with Crippen molar-refractivity contribution in [1.29, 1.82) is 0 Å². The summed E-state index contributed by atoms with van der Waals surface area (Å²) in [6.45, 7) is 2.00. The molecule has 1 spiro atoms. The van der Waals surface area contributed by atoms with Crippen LogP contribution in [0.2, 0.25) is 0 Å². The first-order valence-corrected chi connectivity index (χ1v) is 10.8. The highest BCUT2D eigenvalue weighted by Gasteiger charge is 2.49. The Hall–Kier alpha value is -1.76. The van der Waals surface area contributed by atoms with E-state index in [1.54, 1.807) is 35.9 Å². The zero-order valence-corrected chi connectivity index (χ0v) is 16.8. The lowest BCUT2D eigenvalue weighted by molar-refractivity contribution is -0.146. The predicted molar refractivity (Wildman–Crippen MR) is 104 cm³/mol. The van der Waals surface area contributed by atoms with E-state index in [-0.39, 0.29) is 24.2 Å². The van der Waals surface area contributed by atoms with Gasteiger partial charge in [0.05, 0.1) is 12.5 Å². The molecule has 2 amide bonds. The van der Waals surface area contributed by atoms with Crippen molar-refractivity contribution in [2.45, 2.75) is 32.2 Å². The summed E-state index contributed by atoms with van der Waals surface area (Å²) >= 11 is 1.65. The number of nitrogens with zero attached hydrogens (tertiary/aromatic N) is 2. The molecule has 2 heterocycles. The maximum absolute atomic E-state index is 14.2. The van der Waals surface area contributed by atoms with Crippen LogP contribution in [0.15, 0.2) is 18.2 Å². The molecule has 5 nitrogen and oxygen atoms in total. The van der Waals surface area contributed by atoms with E-state index in [0.717, 1.165) is 18.6 Å². The van der Waals surface area contributed by atoms with Gasteiger partial charge in [0.25, 0.3) is 0 Å². The van der Waals surface area contributed by atoms with Crippen LogP contribution in [0.25, 0.3) is 0 Å². The quantitative estimate of drug-likeness (QED) is 0.744. The molecular weight excluding hydrogens is 367 g/mol. The summed E-state index contributed by atoms with van der Waals surface area (Å²) in [5, 5.41) is 0. The van der Waals surface area contributed by atoms with Gasteiger partial charge in [-0.15, -0.1) is 0 Å². The van der Waals surface area contributed by atoms with E-state index in [0.29, 0.717) is 43.8 Å². The third-order valence-electron chi connectivity index (χ3n) is 5.66. The minimum Gasteiger partial charge on any atom is -0.497 e. The zero-order valence-electron chi connectivity index (χ0n) is 16.0. The number of amides is 2. The van der Waals surface area contributed by atoms with Crippen LogP contribution in [0, 0.1) is 11.2 Å². The molecule has 0 saturated carbocycles. The van der Waals surface area contributed by atoms with Crippen molar-refractivity contribution < 1.29 is 18.7 Å². The second-order valence-corrected chi connectivity index (χ2v) is 8.36. The van der Waals surface area contributed by atoms with Crippen LogP contribution in [-0.2, 0) is 16.1 Å². The van der Waals surface area contributed by atoms with Crippen LogP contribution in [0.1, 0.15) is 31.2 Å². The second-order valence-electron chi connectivity index (χ2n) is 7.38. The van der Waals surface area contributed by atoms with Gasteiger partial charge < -0.3 is 14.5 Å². The molecule has 2 saturated heterocycles. The Kier molecular flexibility index (Phi) is 6.29. The summed E-state index contributed by atoms with van der Waals surface area (Å²) in [7, 11) is 1.54. The molecule has 0 N–H and O–H groups in total. The normalized spacial score (nSPS) is 22.6. The SMILES string of the molecule is COc1ccc(F)c(CN2CCCC3(CCN(C(=O)CCSC)C3)C2=O)c1. The molecule has 2 fully saturated rings. The number of likely N-dealkylation sites (tertiary alicyclic amines) is 2. The van der Waals surface area contributed by atoms with Crippen LogP contribution >= 0.6 is 11.8 Å². The lowest BCUT2D eigenvalue weighted by atomic mass is 9.78. The highest BCUT2D eigenvalue weighted by atomic mass is 32.2. The third kappa shape index (κ3) is 4.23. The molecule has 2 aliphatic heterocycles. The molecule has 0 bridgehead atoms. The fourth-order valence-corrected chi connectivity index (χ4v) is 4.50. The minimum atomic E-state index is -0.497.